The van der Waals surface area contributed by atoms with Gasteiger partial charge in [0, 0.05) is 5.56 Å². The minimum Gasteiger partial charge on any atom is -0.508 e. The van der Waals surface area contributed by atoms with E-state index >= 15 is 0 Å². The van der Waals surface area contributed by atoms with Crippen LogP contribution in [0.5, 0.6) is 5.75 Å². The smallest absolute Gasteiger partial charge is 0.332 e. The summed E-state index contributed by atoms with van der Waals surface area (Å²) >= 11 is 0. The molecule has 4 aromatic rings. The summed E-state index contributed by atoms with van der Waals surface area (Å²) in [4.78, 5) is 36.6. The lowest BCUT2D eigenvalue weighted by atomic mass is 9.90. The van der Waals surface area contributed by atoms with E-state index in [0.717, 1.165) is 36.9 Å². The maximum Gasteiger partial charge on any atom is 0.332 e. The summed E-state index contributed by atoms with van der Waals surface area (Å²) in [6, 6.07) is 12.3. The molecule has 2 heterocycles. The second-order valence-electron chi connectivity index (χ2n) is 7.40. The zero-order chi connectivity index (χ0) is 20.8. The van der Waals surface area contributed by atoms with Crippen LogP contribution in [-0.2, 0) is 12.8 Å². The van der Waals surface area contributed by atoms with Crippen LogP contribution >= 0.6 is 0 Å². The van der Waals surface area contributed by atoms with E-state index in [1.54, 1.807) is 12.1 Å². The molecule has 2 aromatic carbocycles. The number of hydrogen-bond donors (Lipinski definition) is 3. The molecule has 1 aliphatic rings. The van der Waals surface area contributed by atoms with Crippen molar-refractivity contribution in [3.05, 3.63) is 69.8 Å². The van der Waals surface area contributed by atoms with E-state index in [2.05, 4.69) is 21.0 Å². The molecule has 0 spiro atoms. The highest BCUT2D eigenvalue weighted by Gasteiger charge is 2.23. The molecule has 0 bridgehead atoms. The van der Waals surface area contributed by atoms with Crippen LogP contribution in [0.1, 0.15) is 34.5 Å². The summed E-state index contributed by atoms with van der Waals surface area (Å²) < 4.78 is 1.49. The number of aryl methyl sites for hydroxylation is 1. The molecule has 1 aliphatic carbocycles. The van der Waals surface area contributed by atoms with Crippen molar-refractivity contribution in [3.63, 3.8) is 0 Å². The number of aromatic amines is 1. The molecule has 5 rings (SSSR count). The molecule has 150 valence electrons. The van der Waals surface area contributed by atoms with E-state index in [1.807, 2.05) is 12.1 Å². The third-order valence-corrected chi connectivity index (χ3v) is 5.49. The van der Waals surface area contributed by atoms with E-state index in [0.29, 0.717) is 5.56 Å². The lowest BCUT2D eigenvalue weighted by Crippen LogP contribution is -2.18. The van der Waals surface area contributed by atoms with E-state index in [1.165, 1.54) is 22.3 Å². The first kappa shape index (κ1) is 18.1. The average Bonchev–Trinajstić information content (AvgIpc) is 3.08. The van der Waals surface area contributed by atoms with Gasteiger partial charge in [0.15, 0.2) is 17.2 Å². The summed E-state index contributed by atoms with van der Waals surface area (Å²) in [5.41, 5.74) is 9.15. The van der Waals surface area contributed by atoms with Crippen LogP contribution in [0.2, 0.25) is 0 Å². The summed E-state index contributed by atoms with van der Waals surface area (Å²) in [7, 11) is 0. The van der Waals surface area contributed by atoms with Gasteiger partial charge in [-0.2, -0.15) is 0 Å². The number of aromatic hydroxyl groups is 1. The number of phenols is 1. The van der Waals surface area contributed by atoms with Crippen LogP contribution in [-0.4, -0.2) is 30.5 Å². The van der Waals surface area contributed by atoms with Crippen molar-refractivity contribution in [1.82, 2.24) is 19.5 Å². The van der Waals surface area contributed by atoms with Crippen LogP contribution in [0.3, 0.4) is 0 Å². The number of benzene rings is 2. The fraction of sp³-hybridized carbons (Fsp3) is 0.182. The van der Waals surface area contributed by atoms with Crippen molar-refractivity contribution in [3.8, 4) is 22.8 Å². The number of nitrogens with zero attached hydrogens (tertiary/aromatic N) is 3. The number of nitrogens with two attached hydrogens (primary N) is 1. The molecule has 0 fully saturated rings. The van der Waals surface area contributed by atoms with Crippen molar-refractivity contribution in [2.24, 2.45) is 5.73 Å². The van der Waals surface area contributed by atoms with Crippen LogP contribution in [0, 0.1) is 0 Å². The Hall–Kier alpha value is -3.94. The SMILES string of the molecule is NC(=O)c1nc(-c2cccc(O)c2)nc2c1[nH]c(=O)n2-c1cccc2c1CCCC2. The van der Waals surface area contributed by atoms with Gasteiger partial charge >= 0.3 is 5.69 Å². The maximum absolute atomic E-state index is 12.9. The van der Waals surface area contributed by atoms with Crippen molar-refractivity contribution in [2.45, 2.75) is 25.7 Å². The standard InChI is InChI=1S/C22H19N5O3/c23-19(29)17-18-21(26-20(24-17)13-7-3-8-14(28)11-13)27(22(30)25-18)16-10-4-6-12-5-1-2-9-15(12)16/h3-4,6-8,10-11,28H,1-2,5,9H2,(H2,23,29)(H,25,30). The number of phenolic OH excluding ortho intramolecular Hbond substituents is 1. The Bertz CT molecular complexity index is 1370. The van der Waals surface area contributed by atoms with Crippen LogP contribution < -0.4 is 11.4 Å². The fourth-order valence-corrected chi connectivity index (χ4v) is 4.13. The van der Waals surface area contributed by atoms with Crippen molar-refractivity contribution >= 4 is 17.1 Å². The van der Waals surface area contributed by atoms with Gasteiger partial charge in [-0.25, -0.2) is 19.3 Å². The number of rotatable bonds is 3. The third kappa shape index (κ3) is 2.85. The summed E-state index contributed by atoms with van der Waals surface area (Å²) in [5.74, 6) is -0.530. The zero-order valence-corrected chi connectivity index (χ0v) is 16.1. The van der Waals surface area contributed by atoms with E-state index in [-0.39, 0.29) is 28.4 Å². The largest absolute Gasteiger partial charge is 0.508 e. The van der Waals surface area contributed by atoms with Gasteiger partial charge in [-0.1, -0.05) is 24.3 Å². The molecular formula is C22H19N5O3. The average molecular weight is 401 g/mol. The molecule has 0 unspecified atom stereocenters. The Kier molecular flexibility index (Phi) is 4.13. The highest BCUT2D eigenvalue weighted by atomic mass is 16.3. The third-order valence-electron chi connectivity index (χ3n) is 5.49. The van der Waals surface area contributed by atoms with Gasteiger partial charge in [0.05, 0.1) is 5.69 Å². The number of nitrogens with one attached hydrogen (secondary N) is 1. The molecule has 0 radical (unpaired) electrons. The molecular weight excluding hydrogens is 382 g/mol. The highest BCUT2D eigenvalue weighted by Crippen LogP contribution is 2.29. The van der Waals surface area contributed by atoms with Crippen LogP contribution in [0.4, 0.5) is 0 Å². The number of aromatic nitrogens is 4. The Labute approximate surface area is 171 Å². The normalized spacial score (nSPS) is 13.3. The molecule has 30 heavy (non-hydrogen) atoms. The lowest BCUT2D eigenvalue weighted by molar-refractivity contribution is 0.0997. The molecule has 8 nitrogen and oxygen atoms in total. The highest BCUT2D eigenvalue weighted by molar-refractivity contribution is 6.02. The minimum atomic E-state index is -0.771. The maximum atomic E-state index is 12.9. The number of amides is 1. The number of imidazole rings is 1. The Balaban J connectivity index is 1.84. The van der Waals surface area contributed by atoms with Gasteiger partial charge in [-0.15, -0.1) is 0 Å². The van der Waals surface area contributed by atoms with Crippen molar-refractivity contribution in [2.75, 3.05) is 0 Å². The number of carbonyl (C=O) groups is 1. The molecule has 8 heteroatoms. The molecule has 0 atom stereocenters. The van der Waals surface area contributed by atoms with Gasteiger partial charge in [-0.3, -0.25) is 4.79 Å². The molecule has 4 N–H and O–H groups in total. The van der Waals surface area contributed by atoms with Gasteiger partial charge in [0.1, 0.15) is 11.3 Å². The second kappa shape index (κ2) is 6.84. The topological polar surface area (TPSA) is 127 Å². The second-order valence-corrected chi connectivity index (χ2v) is 7.40. The first-order valence-electron chi connectivity index (χ1n) is 9.76. The zero-order valence-electron chi connectivity index (χ0n) is 16.1. The first-order chi connectivity index (χ1) is 14.5. The van der Waals surface area contributed by atoms with Gasteiger partial charge in [0.25, 0.3) is 5.91 Å². The van der Waals surface area contributed by atoms with E-state index in [9.17, 15) is 14.7 Å². The predicted octanol–water partition coefficient (Wildman–Crippen LogP) is 2.46. The van der Waals surface area contributed by atoms with E-state index in [4.69, 9.17) is 5.73 Å². The van der Waals surface area contributed by atoms with Gasteiger partial charge in [-0.05, 0) is 55.0 Å². The van der Waals surface area contributed by atoms with Gasteiger partial charge in [0.2, 0.25) is 0 Å². The van der Waals surface area contributed by atoms with Crippen LogP contribution in [0.25, 0.3) is 28.2 Å². The Morgan fingerprint density at radius 3 is 2.70 bits per heavy atom. The summed E-state index contributed by atoms with van der Waals surface area (Å²) in [6.07, 6.45) is 4.01. The van der Waals surface area contributed by atoms with Crippen LogP contribution in [0.15, 0.2) is 47.3 Å². The van der Waals surface area contributed by atoms with E-state index < -0.39 is 11.6 Å². The number of carbonyl (C=O) groups excluding carboxylic acids is 1. The Morgan fingerprint density at radius 1 is 1.10 bits per heavy atom. The quantitative estimate of drug-likeness (QED) is 0.486. The van der Waals surface area contributed by atoms with Gasteiger partial charge < -0.3 is 15.8 Å². The first-order valence-corrected chi connectivity index (χ1v) is 9.76. The molecule has 1 amide bonds. The summed E-state index contributed by atoms with van der Waals surface area (Å²) in [5, 5.41) is 9.83. The monoisotopic (exact) mass is 401 g/mol. The fourth-order valence-electron chi connectivity index (χ4n) is 4.13. The summed E-state index contributed by atoms with van der Waals surface area (Å²) in [6.45, 7) is 0. The predicted molar refractivity (Wildman–Crippen MR) is 112 cm³/mol. The molecule has 2 aromatic heterocycles. The number of hydrogen-bond acceptors (Lipinski definition) is 5. The number of fused-ring (bicyclic) bond motifs is 2. The molecule has 0 saturated carbocycles. The number of H-pyrrole nitrogens is 1. The molecule has 0 aliphatic heterocycles. The van der Waals surface area contributed by atoms with Crippen molar-refractivity contribution in [1.29, 1.82) is 0 Å². The molecule has 0 saturated heterocycles. The minimum absolute atomic E-state index is 0.0420. The van der Waals surface area contributed by atoms with Crippen molar-refractivity contribution < 1.29 is 9.90 Å². The Morgan fingerprint density at radius 2 is 1.90 bits per heavy atom. The lowest BCUT2D eigenvalue weighted by Gasteiger charge is -2.19. The number of primary amides is 1.